The van der Waals surface area contributed by atoms with Gasteiger partial charge in [0, 0.05) is 10.2 Å². The van der Waals surface area contributed by atoms with Gasteiger partial charge in [0.25, 0.3) is 0 Å². The van der Waals surface area contributed by atoms with Crippen LogP contribution >= 0.6 is 27.7 Å². The molecular weight excluding hydrogens is 388 g/mol. The van der Waals surface area contributed by atoms with E-state index in [1.54, 1.807) is 4.90 Å². The van der Waals surface area contributed by atoms with Gasteiger partial charge in [0.1, 0.15) is 6.54 Å². The highest BCUT2D eigenvalue weighted by Crippen LogP contribution is 2.28. The first kappa shape index (κ1) is 16.8. The quantitative estimate of drug-likeness (QED) is 0.841. The molecule has 0 saturated carbocycles. The molecule has 1 aliphatic heterocycles. The molecule has 122 valence electrons. The van der Waals surface area contributed by atoms with Crippen molar-refractivity contribution in [3.8, 4) is 0 Å². The summed E-state index contributed by atoms with van der Waals surface area (Å²) in [5.41, 5.74) is 2.38. The summed E-state index contributed by atoms with van der Waals surface area (Å²) < 4.78 is 0.885. The van der Waals surface area contributed by atoms with Gasteiger partial charge < -0.3 is 10.2 Å². The smallest absolute Gasteiger partial charge is 0.244 e. The van der Waals surface area contributed by atoms with Gasteiger partial charge in [0.2, 0.25) is 11.8 Å². The minimum atomic E-state index is -0.227. The predicted molar refractivity (Wildman–Crippen MR) is 101 cm³/mol. The topological polar surface area (TPSA) is 49.4 Å². The van der Waals surface area contributed by atoms with Crippen LogP contribution in [0.3, 0.4) is 0 Å². The number of hydrogen-bond acceptors (Lipinski definition) is 3. The van der Waals surface area contributed by atoms with Crippen LogP contribution < -0.4 is 5.32 Å². The molecule has 2 aromatic rings. The van der Waals surface area contributed by atoms with Crippen LogP contribution in [0.4, 0.5) is 5.69 Å². The Morgan fingerprint density at radius 2 is 1.96 bits per heavy atom. The second-order valence-corrected chi connectivity index (χ2v) is 6.99. The van der Waals surface area contributed by atoms with Crippen LogP contribution in [0.5, 0.6) is 0 Å². The maximum absolute atomic E-state index is 12.4. The van der Waals surface area contributed by atoms with Crippen LogP contribution in [0.25, 0.3) is 5.70 Å². The van der Waals surface area contributed by atoms with Gasteiger partial charge in [-0.3, -0.25) is 9.59 Å². The zero-order chi connectivity index (χ0) is 16.9. The fourth-order valence-corrected chi connectivity index (χ4v) is 3.59. The van der Waals surface area contributed by atoms with Crippen molar-refractivity contribution in [2.45, 2.75) is 0 Å². The third-order valence-electron chi connectivity index (χ3n) is 3.47. The molecule has 6 heteroatoms. The summed E-state index contributed by atoms with van der Waals surface area (Å²) >= 11 is 4.82. The molecule has 0 atom stereocenters. The number of thioether (sulfide) groups is 1. The molecule has 0 aromatic heterocycles. The molecular formula is C18H15BrN2O2S. The van der Waals surface area contributed by atoms with E-state index in [1.807, 2.05) is 60.0 Å². The minimum absolute atomic E-state index is 0.00731. The number of nitrogens with one attached hydrogen (secondary N) is 1. The third kappa shape index (κ3) is 4.07. The number of rotatable bonds is 4. The van der Waals surface area contributed by atoms with Crippen molar-refractivity contribution in [3.05, 3.63) is 70.0 Å². The van der Waals surface area contributed by atoms with Gasteiger partial charge in [-0.25, -0.2) is 0 Å². The molecule has 2 amide bonds. The Morgan fingerprint density at radius 3 is 2.71 bits per heavy atom. The first-order valence-corrected chi connectivity index (χ1v) is 9.20. The maximum atomic E-state index is 12.4. The Bertz CT molecular complexity index is 793. The van der Waals surface area contributed by atoms with Crippen molar-refractivity contribution in [1.29, 1.82) is 0 Å². The van der Waals surface area contributed by atoms with Gasteiger partial charge in [0.05, 0.1) is 11.4 Å². The lowest BCUT2D eigenvalue weighted by molar-refractivity contribution is -0.129. The maximum Gasteiger partial charge on any atom is 0.244 e. The van der Waals surface area contributed by atoms with E-state index >= 15 is 0 Å². The van der Waals surface area contributed by atoms with Gasteiger partial charge in [-0.15, -0.1) is 11.8 Å². The monoisotopic (exact) mass is 402 g/mol. The number of amides is 2. The summed E-state index contributed by atoms with van der Waals surface area (Å²) in [6.45, 7) is -0.00731. The van der Waals surface area contributed by atoms with E-state index in [0.29, 0.717) is 11.4 Å². The van der Waals surface area contributed by atoms with Gasteiger partial charge in [-0.2, -0.15) is 0 Å². The molecule has 0 aliphatic carbocycles. The molecule has 2 aromatic carbocycles. The first-order valence-electron chi connectivity index (χ1n) is 7.36. The number of halogens is 1. The Labute approximate surface area is 153 Å². The second-order valence-electron chi connectivity index (χ2n) is 5.22. The highest BCUT2D eigenvalue weighted by molar-refractivity contribution is 9.10. The van der Waals surface area contributed by atoms with Crippen molar-refractivity contribution in [2.75, 3.05) is 17.6 Å². The fraction of sp³-hybridized carbons (Fsp3) is 0.111. The average Bonchev–Trinajstić information content (AvgIpc) is 2.57. The van der Waals surface area contributed by atoms with Crippen molar-refractivity contribution in [2.24, 2.45) is 0 Å². The van der Waals surface area contributed by atoms with E-state index in [4.69, 9.17) is 0 Å². The SMILES string of the molecule is O=C(CN1C(=O)CSC=C1c1ccccc1)Nc1cccc(Br)c1. The van der Waals surface area contributed by atoms with Gasteiger partial charge in [-0.05, 0) is 29.2 Å². The normalized spacial score (nSPS) is 14.3. The van der Waals surface area contributed by atoms with Crippen molar-refractivity contribution >= 4 is 50.9 Å². The number of anilines is 1. The number of carbonyl (C=O) groups is 2. The van der Waals surface area contributed by atoms with E-state index in [9.17, 15) is 9.59 Å². The Hall–Kier alpha value is -2.05. The van der Waals surface area contributed by atoms with E-state index in [0.717, 1.165) is 15.7 Å². The van der Waals surface area contributed by atoms with Crippen LogP contribution in [0.2, 0.25) is 0 Å². The van der Waals surface area contributed by atoms with Gasteiger partial charge >= 0.3 is 0 Å². The lowest BCUT2D eigenvalue weighted by Gasteiger charge is -2.28. The molecule has 0 saturated heterocycles. The molecule has 4 nitrogen and oxygen atoms in total. The van der Waals surface area contributed by atoms with E-state index in [-0.39, 0.29) is 18.4 Å². The zero-order valence-corrected chi connectivity index (χ0v) is 15.1. The van der Waals surface area contributed by atoms with E-state index in [2.05, 4.69) is 21.2 Å². The number of hydrogen-bond donors (Lipinski definition) is 1. The van der Waals surface area contributed by atoms with Crippen LogP contribution in [0.1, 0.15) is 5.56 Å². The predicted octanol–water partition coefficient (Wildman–Crippen LogP) is 3.96. The number of benzene rings is 2. The molecule has 0 bridgehead atoms. The summed E-state index contributed by atoms with van der Waals surface area (Å²) in [6.07, 6.45) is 0. The molecule has 3 rings (SSSR count). The number of nitrogens with zero attached hydrogens (tertiary/aromatic N) is 1. The summed E-state index contributed by atoms with van der Waals surface area (Å²) in [5.74, 6) is 0.0569. The Kier molecular flexibility index (Phi) is 5.37. The van der Waals surface area contributed by atoms with Crippen molar-refractivity contribution in [3.63, 3.8) is 0 Å². The lowest BCUT2D eigenvalue weighted by Crippen LogP contribution is -2.39. The molecule has 1 aliphatic rings. The molecule has 0 unspecified atom stereocenters. The fourth-order valence-electron chi connectivity index (χ4n) is 2.38. The summed E-state index contributed by atoms with van der Waals surface area (Å²) in [5, 5.41) is 4.76. The van der Waals surface area contributed by atoms with Crippen LogP contribution in [0.15, 0.2) is 64.5 Å². The largest absolute Gasteiger partial charge is 0.324 e. The molecule has 24 heavy (non-hydrogen) atoms. The zero-order valence-electron chi connectivity index (χ0n) is 12.7. The highest BCUT2D eigenvalue weighted by atomic mass is 79.9. The standard InChI is InChI=1S/C18H15BrN2O2S/c19-14-7-4-8-15(9-14)20-17(22)10-21-16(11-24-12-18(21)23)13-5-2-1-3-6-13/h1-9,11H,10,12H2,(H,20,22). The van der Waals surface area contributed by atoms with Gasteiger partial charge in [-0.1, -0.05) is 52.3 Å². The third-order valence-corrected chi connectivity index (χ3v) is 4.77. The summed E-state index contributed by atoms with van der Waals surface area (Å²) in [4.78, 5) is 26.2. The van der Waals surface area contributed by atoms with Crippen LogP contribution in [-0.4, -0.2) is 29.0 Å². The highest BCUT2D eigenvalue weighted by Gasteiger charge is 2.25. The molecule has 0 radical (unpaired) electrons. The average molecular weight is 403 g/mol. The summed E-state index contributed by atoms with van der Waals surface area (Å²) in [6, 6.07) is 17.0. The van der Waals surface area contributed by atoms with Crippen molar-refractivity contribution in [1.82, 2.24) is 4.90 Å². The van der Waals surface area contributed by atoms with E-state index < -0.39 is 0 Å². The molecule has 1 heterocycles. The first-order chi connectivity index (χ1) is 11.6. The van der Waals surface area contributed by atoms with Crippen LogP contribution in [-0.2, 0) is 9.59 Å². The number of carbonyl (C=O) groups excluding carboxylic acids is 2. The van der Waals surface area contributed by atoms with Gasteiger partial charge in [0.15, 0.2) is 0 Å². The minimum Gasteiger partial charge on any atom is -0.324 e. The van der Waals surface area contributed by atoms with E-state index in [1.165, 1.54) is 11.8 Å². The molecule has 1 N–H and O–H groups in total. The second kappa shape index (κ2) is 7.68. The van der Waals surface area contributed by atoms with Crippen LogP contribution in [0, 0.1) is 0 Å². The summed E-state index contributed by atoms with van der Waals surface area (Å²) in [7, 11) is 0. The molecule has 0 spiro atoms. The Balaban J connectivity index is 1.76. The Morgan fingerprint density at radius 1 is 1.17 bits per heavy atom. The molecule has 0 fully saturated rings. The lowest BCUT2D eigenvalue weighted by atomic mass is 10.1. The van der Waals surface area contributed by atoms with Crippen molar-refractivity contribution < 1.29 is 9.59 Å².